The lowest BCUT2D eigenvalue weighted by molar-refractivity contribution is -0.131. The van der Waals surface area contributed by atoms with E-state index in [1.807, 2.05) is 31.2 Å². The Kier molecular flexibility index (Phi) is 4.69. The summed E-state index contributed by atoms with van der Waals surface area (Å²) < 4.78 is 23.1. The molecule has 1 unspecified atom stereocenters. The minimum atomic E-state index is -3.03. The van der Waals surface area contributed by atoms with Crippen molar-refractivity contribution in [2.24, 2.45) is 0 Å². The Bertz CT molecular complexity index is 978. The van der Waals surface area contributed by atoms with Gasteiger partial charge in [0.25, 0.3) is 5.56 Å². The molecule has 1 atom stereocenters. The van der Waals surface area contributed by atoms with E-state index in [1.54, 1.807) is 7.05 Å². The molecule has 1 aliphatic rings. The van der Waals surface area contributed by atoms with E-state index in [2.05, 4.69) is 4.98 Å². The minimum Gasteiger partial charge on any atom is -0.342 e. The molecular weight excluding hydrogens is 340 g/mol. The Morgan fingerprint density at radius 3 is 2.80 bits per heavy atom. The maximum absolute atomic E-state index is 12.4. The van der Waals surface area contributed by atoms with Crippen LogP contribution in [0.25, 0.3) is 10.9 Å². The summed E-state index contributed by atoms with van der Waals surface area (Å²) in [6, 6.07) is 7.37. The molecular formula is C18H22N2O4S. The lowest BCUT2D eigenvalue weighted by Gasteiger charge is -2.23. The van der Waals surface area contributed by atoms with Crippen molar-refractivity contribution in [2.45, 2.75) is 32.2 Å². The summed E-state index contributed by atoms with van der Waals surface area (Å²) in [5.41, 5.74) is 2.20. The molecule has 6 nitrogen and oxygen atoms in total. The summed E-state index contributed by atoms with van der Waals surface area (Å²) in [5.74, 6) is 0.0372. The van der Waals surface area contributed by atoms with Gasteiger partial charge in [0.15, 0.2) is 9.84 Å². The molecule has 1 fully saturated rings. The summed E-state index contributed by atoms with van der Waals surface area (Å²) in [6.45, 7) is 1.94. The third-order valence-electron chi connectivity index (χ3n) is 4.92. The highest BCUT2D eigenvalue weighted by atomic mass is 32.2. The maximum Gasteiger partial charge on any atom is 0.251 e. The van der Waals surface area contributed by atoms with Gasteiger partial charge in [-0.15, -0.1) is 0 Å². The number of aromatic nitrogens is 1. The van der Waals surface area contributed by atoms with Crippen molar-refractivity contribution in [1.82, 2.24) is 9.88 Å². The van der Waals surface area contributed by atoms with Crippen LogP contribution in [0.3, 0.4) is 0 Å². The third kappa shape index (κ3) is 3.76. The van der Waals surface area contributed by atoms with E-state index in [-0.39, 0.29) is 35.4 Å². The molecule has 1 N–H and O–H groups in total. The summed E-state index contributed by atoms with van der Waals surface area (Å²) in [4.78, 5) is 29.0. The predicted octanol–water partition coefficient (Wildman–Crippen LogP) is 1.41. The van der Waals surface area contributed by atoms with Crippen LogP contribution >= 0.6 is 0 Å². The van der Waals surface area contributed by atoms with Crippen LogP contribution in [0.4, 0.5) is 0 Å². The van der Waals surface area contributed by atoms with Gasteiger partial charge in [-0.25, -0.2) is 8.42 Å². The van der Waals surface area contributed by atoms with E-state index >= 15 is 0 Å². The molecule has 2 heterocycles. The molecule has 1 amide bonds. The van der Waals surface area contributed by atoms with Crippen molar-refractivity contribution < 1.29 is 13.2 Å². The Morgan fingerprint density at radius 2 is 2.12 bits per heavy atom. The summed E-state index contributed by atoms with van der Waals surface area (Å²) >= 11 is 0. The average molecular weight is 362 g/mol. The van der Waals surface area contributed by atoms with Crippen molar-refractivity contribution in [3.63, 3.8) is 0 Å². The molecule has 1 saturated heterocycles. The fourth-order valence-corrected chi connectivity index (χ4v) is 5.09. The molecule has 7 heteroatoms. The van der Waals surface area contributed by atoms with Crippen LogP contribution in [0.5, 0.6) is 0 Å². The highest BCUT2D eigenvalue weighted by molar-refractivity contribution is 7.91. The number of carbonyl (C=O) groups excluding carboxylic acids is 1. The van der Waals surface area contributed by atoms with E-state index < -0.39 is 9.84 Å². The zero-order chi connectivity index (χ0) is 18.2. The largest absolute Gasteiger partial charge is 0.342 e. The summed E-state index contributed by atoms with van der Waals surface area (Å²) in [5, 5.41) is 0.942. The normalized spacial score (nSPS) is 19.2. The smallest absolute Gasteiger partial charge is 0.251 e. The topological polar surface area (TPSA) is 87.3 Å². The number of fused-ring (bicyclic) bond motifs is 1. The van der Waals surface area contributed by atoms with Gasteiger partial charge in [-0.05, 0) is 36.8 Å². The van der Waals surface area contributed by atoms with Crippen LogP contribution in [0.1, 0.15) is 24.0 Å². The van der Waals surface area contributed by atoms with Crippen molar-refractivity contribution in [1.29, 1.82) is 0 Å². The number of para-hydroxylation sites is 1. The predicted molar refractivity (Wildman–Crippen MR) is 97.5 cm³/mol. The quantitative estimate of drug-likeness (QED) is 0.891. The lowest BCUT2D eigenvalue weighted by atomic mass is 10.1. The van der Waals surface area contributed by atoms with E-state index in [4.69, 9.17) is 0 Å². The molecule has 1 aromatic heterocycles. The number of aryl methyl sites for hydroxylation is 2. The number of nitrogens with one attached hydrogen (secondary N) is 1. The second kappa shape index (κ2) is 6.63. The van der Waals surface area contributed by atoms with E-state index in [9.17, 15) is 18.0 Å². The molecule has 0 radical (unpaired) electrons. The van der Waals surface area contributed by atoms with Crippen molar-refractivity contribution in [3.05, 3.63) is 45.7 Å². The Morgan fingerprint density at radius 1 is 1.36 bits per heavy atom. The molecule has 25 heavy (non-hydrogen) atoms. The van der Waals surface area contributed by atoms with Gasteiger partial charge >= 0.3 is 0 Å². The lowest BCUT2D eigenvalue weighted by Crippen LogP contribution is -2.38. The van der Waals surface area contributed by atoms with Crippen LogP contribution < -0.4 is 5.56 Å². The number of carbonyl (C=O) groups is 1. The monoisotopic (exact) mass is 362 g/mol. The van der Waals surface area contributed by atoms with Gasteiger partial charge in [0.05, 0.1) is 17.0 Å². The number of H-pyrrole nitrogens is 1. The van der Waals surface area contributed by atoms with Crippen molar-refractivity contribution in [2.75, 3.05) is 18.6 Å². The molecule has 1 aliphatic heterocycles. The van der Waals surface area contributed by atoms with Gasteiger partial charge in [-0.1, -0.05) is 18.2 Å². The zero-order valence-electron chi connectivity index (χ0n) is 14.4. The van der Waals surface area contributed by atoms with Crippen LogP contribution in [-0.2, 0) is 21.1 Å². The number of hydrogen-bond acceptors (Lipinski definition) is 4. The van der Waals surface area contributed by atoms with E-state index in [0.29, 0.717) is 18.4 Å². The number of nitrogens with zero attached hydrogens (tertiary/aromatic N) is 1. The van der Waals surface area contributed by atoms with Gasteiger partial charge in [0, 0.05) is 25.1 Å². The molecule has 2 aromatic rings. The molecule has 0 saturated carbocycles. The fraction of sp³-hybridized carbons (Fsp3) is 0.444. The molecule has 0 bridgehead atoms. The first-order valence-corrected chi connectivity index (χ1v) is 10.2. The van der Waals surface area contributed by atoms with Gasteiger partial charge in [0.2, 0.25) is 5.91 Å². The minimum absolute atomic E-state index is 0.0328. The number of amides is 1. The van der Waals surface area contributed by atoms with Crippen molar-refractivity contribution >= 4 is 26.6 Å². The van der Waals surface area contributed by atoms with Crippen molar-refractivity contribution in [3.8, 4) is 0 Å². The summed E-state index contributed by atoms with van der Waals surface area (Å²) in [6.07, 6.45) is 1.01. The van der Waals surface area contributed by atoms with Gasteiger partial charge in [-0.3, -0.25) is 9.59 Å². The number of benzene rings is 1. The number of pyridine rings is 1. The number of aromatic amines is 1. The van der Waals surface area contributed by atoms with Crippen LogP contribution in [0.2, 0.25) is 0 Å². The first-order chi connectivity index (χ1) is 11.8. The van der Waals surface area contributed by atoms with Crippen LogP contribution in [0, 0.1) is 6.92 Å². The van der Waals surface area contributed by atoms with E-state index in [0.717, 1.165) is 16.5 Å². The highest BCUT2D eigenvalue weighted by Gasteiger charge is 2.32. The second-order valence-corrected chi connectivity index (χ2v) is 8.95. The molecule has 3 rings (SSSR count). The zero-order valence-corrected chi connectivity index (χ0v) is 15.2. The molecule has 0 spiro atoms. The Hall–Kier alpha value is -2.15. The van der Waals surface area contributed by atoms with Crippen LogP contribution in [-0.4, -0.2) is 48.8 Å². The molecule has 134 valence electrons. The summed E-state index contributed by atoms with van der Waals surface area (Å²) in [7, 11) is -1.38. The first-order valence-electron chi connectivity index (χ1n) is 8.34. The fourth-order valence-electron chi connectivity index (χ4n) is 3.32. The van der Waals surface area contributed by atoms with Crippen LogP contribution in [0.15, 0.2) is 29.1 Å². The average Bonchev–Trinajstić information content (AvgIpc) is 2.93. The number of hydrogen-bond donors (Lipinski definition) is 1. The molecule has 1 aromatic carbocycles. The second-order valence-electron chi connectivity index (χ2n) is 6.72. The standard InChI is InChI=1S/C18H22N2O4S/c1-12-4-3-5-13-10-14(18(22)19-17(12)13)6-7-16(21)20(2)15-8-9-25(23,24)11-15/h3-5,10,15H,6-9,11H2,1-2H3,(H,19,22). The van der Waals surface area contributed by atoms with Gasteiger partial charge in [0.1, 0.15) is 0 Å². The number of sulfone groups is 1. The first kappa shape index (κ1) is 17.7. The Balaban J connectivity index is 1.71. The van der Waals surface area contributed by atoms with Gasteiger partial charge < -0.3 is 9.88 Å². The number of rotatable bonds is 4. The maximum atomic E-state index is 12.4. The molecule has 0 aliphatic carbocycles. The SMILES string of the molecule is Cc1cccc2cc(CCC(=O)N(C)C3CCS(=O)(=O)C3)c(=O)[nH]c12. The highest BCUT2D eigenvalue weighted by Crippen LogP contribution is 2.18. The third-order valence-corrected chi connectivity index (χ3v) is 6.67. The van der Waals surface area contributed by atoms with Gasteiger partial charge in [-0.2, -0.15) is 0 Å². The van der Waals surface area contributed by atoms with E-state index in [1.165, 1.54) is 4.90 Å². The Labute approximate surface area is 146 Å².